The summed E-state index contributed by atoms with van der Waals surface area (Å²) in [6, 6.07) is 8.58. The highest BCUT2D eigenvalue weighted by molar-refractivity contribution is 7.20. The van der Waals surface area contributed by atoms with Gasteiger partial charge in [-0.1, -0.05) is 44.4 Å². The van der Waals surface area contributed by atoms with Crippen molar-refractivity contribution >= 4 is 39.2 Å². The van der Waals surface area contributed by atoms with Gasteiger partial charge >= 0.3 is 5.97 Å². The van der Waals surface area contributed by atoms with Gasteiger partial charge in [-0.25, -0.2) is 0 Å². The molecule has 0 aliphatic heterocycles. The summed E-state index contributed by atoms with van der Waals surface area (Å²) >= 11 is 1.40. The fourth-order valence-electron chi connectivity index (χ4n) is 3.71. The van der Waals surface area contributed by atoms with E-state index in [0.29, 0.717) is 24.1 Å². The molecule has 0 saturated heterocycles. The number of thiophene rings is 1. The molecule has 0 unspecified atom stereocenters. The van der Waals surface area contributed by atoms with E-state index in [2.05, 4.69) is 10.6 Å². The number of carbonyl (C=O) groups excluding carboxylic acids is 2. The lowest BCUT2D eigenvalue weighted by Crippen LogP contribution is -2.51. The summed E-state index contributed by atoms with van der Waals surface area (Å²) in [5.41, 5.74) is 0. The van der Waals surface area contributed by atoms with Gasteiger partial charge in [0.15, 0.2) is 0 Å². The summed E-state index contributed by atoms with van der Waals surface area (Å²) < 4.78 is 1.03. The van der Waals surface area contributed by atoms with Gasteiger partial charge in [-0.15, -0.1) is 11.3 Å². The van der Waals surface area contributed by atoms with Crippen LogP contribution in [-0.4, -0.2) is 35.0 Å². The van der Waals surface area contributed by atoms with E-state index in [9.17, 15) is 19.5 Å². The largest absolute Gasteiger partial charge is 0.481 e. The highest BCUT2D eigenvalue weighted by Crippen LogP contribution is 2.27. The van der Waals surface area contributed by atoms with Crippen molar-refractivity contribution in [1.29, 1.82) is 0 Å². The van der Waals surface area contributed by atoms with Crippen LogP contribution in [-0.2, 0) is 9.59 Å². The highest BCUT2D eigenvalue weighted by Gasteiger charge is 2.35. The van der Waals surface area contributed by atoms with Crippen molar-refractivity contribution in [2.24, 2.45) is 5.92 Å². The summed E-state index contributed by atoms with van der Waals surface area (Å²) in [5.74, 6) is -1.98. The molecule has 1 aliphatic rings. The minimum absolute atomic E-state index is 0.265. The maximum absolute atomic E-state index is 12.8. The lowest BCUT2D eigenvalue weighted by Gasteiger charge is -2.23. The van der Waals surface area contributed by atoms with Gasteiger partial charge < -0.3 is 15.7 Å². The van der Waals surface area contributed by atoms with Gasteiger partial charge in [0.25, 0.3) is 5.91 Å². The van der Waals surface area contributed by atoms with E-state index in [-0.39, 0.29) is 17.9 Å². The molecule has 7 heteroatoms. The lowest BCUT2D eigenvalue weighted by atomic mass is 10.0. The second kappa shape index (κ2) is 9.19. The molecule has 1 fully saturated rings. The number of nitrogens with one attached hydrogen (secondary N) is 2. The van der Waals surface area contributed by atoms with Gasteiger partial charge in [0.05, 0.1) is 10.8 Å². The van der Waals surface area contributed by atoms with Crippen LogP contribution in [0.2, 0.25) is 0 Å². The molecule has 3 N–H and O–H groups in total. The lowest BCUT2D eigenvalue weighted by molar-refractivity contribution is -0.142. The minimum Gasteiger partial charge on any atom is -0.481 e. The Labute approximate surface area is 168 Å². The number of aliphatic carboxylic acids is 1. The van der Waals surface area contributed by atoms with Crippen molar-refractivity contribution in [3.8, 4) is 0 Å². The van der Waals surface area contributed by atoms with Gasteiger partial charge in [-0.2, -0.15) is 0 Å². The highest BCUT2D eigenvalue weighted by atomic mass is 32.1. The topological polar surface area (TPSA) is 95.5 Å². The van der Waals surface area contributed by atoms with Gasteiger partial charge in [-0.05, 0) is 36.8 Å². The Balaban J connectivity index is 1.69. The first-order valence-electron chi connectivity index (χ1n) is 9.82. The second-order valence-corrected chi connectivity index (χ2v) is 8.39. The van der Waals surface area contributed by atoms with Gasteiger partial charge in [0, 0.05) is 10.7 Å². The van der Waals surface area contributed by atoms with E-state index in [1.807, 2.05) is 37.3 Å². The molecule has 6 nitrogen and oxygen atoms in total. The molecule has 1 heterocycles. The van der Waals surface area contributed by atoms with E-state index >= 15 is 0 Å². The molecule has 0 spiro atoms. The maximum atomic E-state index is 12.8. The molecule has 1 aliphatic carbocycles. The number of hydrogen-bond acceptors (Lipinski definition) is 4. The average molecular weight is 403 g/mol. The molecule has 0 bridgehead atoms. The number of amides is 2. The predicted octanol–water partition coefficient (Wildman–Crippen LogP) is 3.56. The van der Waals surface area contributed by atoms with Crippen LogP contribution in [0.3, 0.4) is 0 Å². The number of benzene rings is 1. The summed E-state index contributed by atoms with van der Waals surface area (Å²) in [6.07, 6.45) is 4.27. The summed E-state index contributed by atoms with van der Waals surface area (Å²) in [5, 5.41) is 16.1. The quantitative estimate of drug-likeness (QED) is 0.629. The molecule has 1 aromatic carbocycles. The molecule has 3 rings (SSSR count). The fourth-order valence-corrected chi connectivity index (χ4v) is 4.68. The van der Waals surface area contributed by atoms with E-state index in [0.717, 1.165) is 29.3 Å². The molecular weight excluding hydrogens is 376 g/mol. The maximum Gasteiger partial charge on any atom is 0.308 e. The summed E-state index contributed by atoms with van der Waals surface area (Å²) in [6.45, 7) is 2.03. The van der Waals surface area contributed by atoms with E-state index in [1.54, 1.807) is 0 Å². The molecular formula is C21H26N2O4S. The van der Waals surface area contributed by atoms with Crippen LogP contribution in [0.15, 0.2) is 30.3 Å². The number of hydrogen-bond donors (Lipinski definition) is 3. The zero-order chi connectivity index (χ0) is 20.1. The van der Waals surface area contributed by atoms with Gasteiger partial charge in [-0.3, -0.25) is 14.4 Å². The molecule has 150 valence electrons. The summed E-state index contributed by atoms with van der Waals surface area (Å²) in [7, 11) is 0. The SMILES string of the molecule is CCCC[C@H](NC(=O)c1cc2ccccc2s1)C(=O)N[C@H]1CCC[C@H]1C(=O)O. The van der Waals surface area contributed by atoms with E-state index < -0.39 is 17.9 Å². The number of carbonyl (C=O) groups is 3. The number of fused-ring (bicyclic) bond motifs is 1. The Morgan fingerprint density at radius 3 is 2.75 bits per heavy atom. The predicted molar refractivity (Wildman–Crippen MR) is 110 cm³/mol. The molecule has 3 atom stereocenters. The van der Waals surface area contributed by atoms with Crippen molar-refractivity contribution in [3.63, 3.8) is 0 Å². The number of rotatable bonds is 8. The monoisotopic (exact) mass is 402 g/mol. The van der Waals surface area contributed by atoms with Crippen molar-refractivity contribution in [3.05, 3.63) is 35.2 Å². The first-order chi connectivity index (χ1) is 13.5. The Bertz CT molecular complexity index is 830. The fraction of sp³-hybridized carbons (Fsp3) is 0.476. The van der Waals surface area contributed by atoms with Crippen LogP contribution in [0.25, 0.3) is 10.1 Å². The molecule has 28 heavy (non-hydrogen) atoms. The molecule has 1 aromatic heterocycles. The smallest absolute Gasteiger partial charge is 0.308 e. The standard InChI is InChI=1S/C21H26N2O4S/c1-2-3-9-16(19(24)22-15-10-6-8-14(15)21(26)27)23-20(25)18-12-13-7-4-5-11-17(13)28-18/h4-5,7,11-12,14-16H,2-3,6,8-10H2,1H3,(H,22,24)(H,23,25)(H,26,27)/t14-,15+,16+/m1/s1. The Morgan fingerprint density at radius 1 is 1.25 bits per heavy atom. The molecule has 0 radical (unpaired) electrons. The van der Waals surface area contributed by atoms with Crippen LogP contribution in [0, 0.1) is 5.92 Å². The zero-order valence-electron chi connectivity index (χ0n) is 15.9. The Morgan fingerprint density at radius 2 is 2.04 bits per heavy atom. The second-order valence-electron chi connectivity index (χ2n) is 7.31. The molecule has 2 aromatic rings. The average Bonchev–Trinajstić information content (AvgIpc) is 3.31. The number of unbranched alkanes of at least 4 members (excludes halogenated alkanes) is 1. The van der Waals surface area contributed by atoms with Crippen LogP contribution in [0.1, 0.15) is 55.1 Å². The number of carboxylic acids is 1. The normalized spacial score (nSPS) is 20.0. The van der Waals surface area contributed by atoms with Crippen molar-refractivity contribution in [1.82, 2.24) is 10.6 Å². The van der Waals surface area contributed by atoms with Crippen molar-refractivity contribution in [2.75, 3.05) is 0 Å². The molecule has 2 amide bonds. The number of carboxylic acid groups (broad SMARTS) is 1. The van der Waals surface area contributed by atoms with Crippen LogP contribution >= 0.6 is 11.3 Å². The van der Waals surface area contributed by atoms with Crippen LogP contribution < -0.4 is 10.6 Å². The van der Waals surface area contributed by atoms with Crippen molar-refractivity contribution < 1.29 is 19.5 Å². The first kappa shape index (κ1) is 20.3. The zero-order valence-corrected chi connectivity index (χ0v) is 16.8. The molecule has 1 saturated carbocycles. The summed E-state index contributed by atoms with van der Waals surface area (Å²) in [4.78, 5) is 37.5. The Hall–Kier alpha value is -2.41. The third kappa shape index (κ3) is 4.70. The minimum atomic E-state index is -0.873. The van der Waals surface area contributed by atoms with E-state index in [1.165, 1.54) is 11.3 Å². The first-order valence-corrected chi connectivity index (χ1v) is 10.6. The van der Waals surface area contributed by atoms with Crippen LogP contribution in [0.5, 0.6) is 0 Å². The van der Waals surface area contributed by atoms with Crippen molar-refractivity contribution in [2.45, 2.75) is 57.5 Å². The van der Waals surface area contributed by atoms with Gasteiger partial charge in [0.1, 0.15) is 6.04 Å². The third-order valence-corrected chi connectivity index (χ3v) is 6.39. The van der Waals surface area contributed by atoms with Gasteiger partial charge in [0.2, 0.25) is 5.91 Å². The Kier molecular flexibility index (Phi) is 6.67. The third-order valence-electron chi connectivity index (χ3n) is 5.28. The van der Waals surface area contributed by atoms with Crippen LogP contribution in [0.4, 0.5) is 0 Å². The van der Waals surface area contributed by atoms with E-state index in [4.69, 9.17) is 0 Å².